The van der Waals surface area contributed by atoms with E-state index in [0.29, 0.717) is 46.8 Å². The van der Waals surface area contributed by atoms with Gasteiger partial charge in [0.15, 0.2) is 0 Å². The first kappa shape index (κ1) is 67.3. The number of aromatic hydroxyl groups is 1. The Morgan fingerprint density at radius 3 is 1.89 bits per heavy atom. The van der Waals surface area contributed by atoms with E-state index in [1.165, 1.54) is 102 Å². The van der Waals surface area contributed by atoms with Gasteiger partial charge >= 0.3 is 5.97 Å². The summed E-state index contributed by atoms with van der Waals surface area (Å²) in [6.07, 6.45) is 5.28. The van der Waals surface area contributed by atoms with Crippen LogP contribution in [0.5, 0.6) is 5.75 Å². The van der Waals surface area contributed by atoms with Crippen molar-refractivity contribution in [1.82, 2.24) is 82.4 Å². The Balaban J connectivity index is 1.08. The quantitative estimate of drug-likeness (QED) is 0.0734. The summed E-state index contributed by atoms with van der Waals surface area (Å²) in [5.74, 6) is -12.4. The average molecular weight is 1300 g/mol. The normalized spacial score (nSPS) is 23.0. The number of imidazole rings is 1. The second-order valence-electron chi connectivity index (χ2n) is 23.5. The summed E-state index contributed by atoms with van der Waals surface area (Å²) in [6, 6.07) is 2.01. The number of carbonyl (C=O) groups is 11. The predicted molar refractivity (Wildman–Crippen MR) is 329 cm³/mol. The van der Waals surface area contributed by atoms with Crippen molar-refractivity contribution in [3.63, 3.8) is 0 Å². The van der Waals surface area contributed by atoms with Crippen molar-refractivity contribution in [2.45, 2.75) is 139 Å². The van der Waals surface area contributed by atoms with Crippen LogP contribution in [0.25, 0.3) is 21.8 Å². The molecular weight excluding hydrogens is 1230 g/mol. The van der Waals surface area contributed by atoms with Crippen LogP contribution in [-0.4, -0.2) is 176 Å². The molecule has 6 heterocycles. The van der Waals surface area contributed by atoms with Crippen molar-refractivity contribution in [2.75, 3.05) is 13.1 Å². The van der Waals surface area contributed by atoms with E-state index in [0.717, 1.165) is 13.0 Å². The van der Waals surface area contributed by atoms with E-state index in [9.17, 15) is 66.9 Å². The monoisotopic (exact) mass is 1300 g/mol. The predicted octanol–water partition coefficient (Wildman–Crippen LogP) is -0.484. The number of nitrogens with zero attached hydrogens (tertiary/aromatic N) is 5. The number of aryl methyl sites for hydroxylation is 1. The van der Waals surface area contributed by atoms with E-state index in [2.05, 4.69) is 72.8 Å². The zero-order valence-electron chi connectivity index (χ0n) is 51.1. The summed E-state index contributed by atoms with van der Waals surface area (Å²) in [6.45, 7) is 2.09. The molecule has 3 aromatic carbocycles. The molecule has 8 atom stereocenters. The van der Waals surface area contributed by atoms with Crippen molar-refractivity contribution >= 4 is 86.8 Å². The van der Waals surface area contributed by atoms with Gasteiger partial charge in [-0.25, -0.2) is 13.8 Å². The van der Waals surface area contributed by atoms with Crippen molar-refractivity contribution in [3.8, 4) is 5.75 Å². The van der Waals surface area contributed by atoms with E-state index in [4.69, 9.17) is 5.73 Å². The molecule has 94 heavy (non-hydrogen) atoms. The van der Waals surface area contributed by atoms with Gasteiger partial charge in [0.1, 0.15) is 65.2 Å². The maximum atomic E-state index is 15.1. The van der Waals surface area contributed by atoms with E-state index >= 15 is 4.79 Å². The molecule has 0 saturated carbocycles. The van der Waals surface area contributed by atoms with Crippen molar-refractivity contribution in [3.05, 3.63) is 131 Å². The van der Waals surface area contributed by atoms with Crippen LogP contribution in [0.1, 0.15) is 80.5 Å². The molecule has 0 radical (unpaired) electrons. The number of phenolic OH excluding ortho intramolecular Hbond substituents is 1. The number of rotatable bonds is 12. The van der Waals surface area contributed by atoms with Crippen LogP contribution in [0.15, 0.2) is 91.8 Å². The van der Waals surface area contributed by atoms with E-state index in [1.807, 2.05) is 0 Å². The van der Waals surface area contributed by atoms with Crippen LogP contribution in [0.3, 0.4) is 0 Å². The standard InChI is InChI=1S/C62H71F2N17O13/c1-32(82)71-48-24-39-30-80(79-78-39)16-4-3-6-45(54(65)87)77-61(94)62(2)15-5-17-81(62)60(93)51(18-33-7-11-40(83)12-8-33)76-58(91)49(23-38-28-66-31-70-38)74-59(92)50(25-53(85)86)75-57(90)47(20-35-27-68-44-14-10-37(64)22-42(35)44)73-56(89)46(72-52(84)29-69-55(48)88)19-34-26-67-43-13-9-36(63)21-41(34)43/h7-14,21-22,26-28,30-31,45-51,67-68,83H,3-6,15-20,23-25,29H2,1-2H3,(H2,65,87)(H,66,70)(H,69,88)(H,71,82)(H,72,84)(H,73,89)(H,74,92)(H,75,90)(H,76,91)(H,77,94)(H,85,86)/t45-,46-,47-,48+,49-,50-,51-,62-/m0/s1. The molecule has 0 unspecified atom stereocenters. The zero-order valence-corrected chi connectivity index (χ0v) is 51.1. The number of carbonyl (C=O) groups excluding carboxylic acids is 10. The number of halogens is 2. The lowest BCUT2D eigenvalue weighted by Crippen LogP contribution is -2.63. The number of amides is 10. The number of nitrogens with two attached hydrogens (primary N) is 1. The molecule has 2 aliphatic rings. The summed E-state index contributed by atoms with van der Waals surface area (Å²) >= 11 is 0. The minimum Gasteiger partial charge on any atom is -0.508 e. The highest BCUT2D eigenvalue weighted by atomic mass is 19.1. The number of H-pyrrole nitrogens is 3. The van der Waals surface area contributed by atoms with Crippen molar-refractivity contribution < 1.29 is 71.7 Å². The SMILES string of the molecule is CC(=O)N[C@@H]1Cc2cn(nn2)CCCC[C@@H](C(N)=O)NC(=O)[C@]2(C)CCCN2C(=O)[C@H](Cc2ccc(O)cc2)NC(=O)[C@H](Cc2cnc[nH]2)NC(=O)[C@H](CC(=O)O)NC(=O)[C@H](Cc2c[nH]c3ccc(F)cc23)NC(=O)[C@H](Cc2c[nH]c3ccc(F)cc23)NC(=O)CNC1=O. The van der Waals surface area contributed by atoms with Crippen LogP contribution in [0, 0.1) is 11.6 Å². The van der Waals surface area contributed by atoms with Gasteiger partial charge in [-0.2, -0.15) is 0 Å². The lowest BCUT2D eigenvalue weighted by molar-refractivity contribution is -0.147. The minimum absolute atomic E-state index is 0.00615. The number of primary amides is 1. The molecule has 9 rings (SSSR count). The molecule has 1 fully saturated rings. The van der Waals surface area contributed by atoms with Gasteiger partial charge in [-0.3, -0.25) is 57.4 Å². The second kappa shape index (κ2) is 29.9. The van der Waals surface area contributed by atoms with Crippen LogP contribution in [0.2, 0.25) is 0 Å². The third-order valence-electron chi connectivity index (χ3n) is 16.5. The maximum Gasteiger partial charge on any atom is 0.305 e. The van der Waals surface area contributed by atoms with Crippen LogP contribution < -0.4 is 48.3 Å². The zero-order chi connectivity index (χ0) is 67.4. The molecule has 2 aliphatic heterocycles. The summed E-state index contributed by atoms with van der Waals surface area (Å²) in [4.78, 5) is 169. The highest BCUT2D eigenvalue weighted by Crippen LogP contribution is 2.31. The molecule has 32 heteroatoms. The molecule has 4 aromatic heterocycles. The van der Waals surface area contributed by atoms with Gasteiger partial charge in [-0.05, 0) is 104 Å². The number of aromatic nitrogens is 7. The van der Waals surface area contributed by atoms with Crippen LogP contribution in [0.4, 0.5) is 8.78 Å². The fourth-order valence-corrected chi connectivity index (χ4v) is 11.6. The molecule has 10 amide bonds. The first-order valence-corrected chi connectivity index (χ1v) is 30.2. The Morgan fingerprint density at radius 2 is 1.30 bits per heavy atom. The molecule has 0 aliphatic carbocycles. The summed E-state index contributed by atoms with van der Waals surface area (Å²) in [5.41, 5.74) is 6.51. The number of hydrogen-bond donors (Lipinski definition) is 14. The molecular formula is C62H71F2N17O13. The average Bonchev–Trinajstić information content (AvgIpc) is 1.56. The number of aromatic amines is 3. The number of nitrogens with one attached hydrogen (secondary N) is 11. The molecule has 7 aromatic rings. The number of carboxylic acid groups (broad SMARTS) is 1. The minimum atomic E-state index is -2.05. The number of carboxylic acids is 1. The number of aliphatic carboxylic acids is 1. The number of fused-ring (bicyclic) bond motifs is 5. The highest BCUT2D eigenvalue weighted by molar-refractivity contribution is 6.00. The Hall–Kier alpha value is -11.1. The number of benzene rings is 3. The highest BCUT2D eigenvalue weighted by Gasteiger charge is 2.48. The Bertz CT molecular complexity index is 3980. The molecule has 30 nitrogen and oxygen atoms in total. The fraction of sp³-hybridized carbons (Fsp3) is 0.387. The molecule has 1 saturated heterocycles. The van der Waals surface area contributed by atoms with Crippen LogP contribution >= 0.6 is 0 Å². The summed E-state index contributed by atoms with van der Waals surface area (Å²) in [5, 5.41) is 49.7. The Kier molecular flexibility index (Phi) is 21.4. The molecule has 0 spiro atoms. The second-order valence-corrected chi connectivity index (χ2v) is 23.5. The van der Waals surface area contributed by atoms with Crippen molar-refractivity contribution in [1.29, 1.82) is 0 Å². The largest absolute Gasteiger partial charge is 0.508 e. The Morgan fingerprint density at radius 1 is 0.702 bits per heavy atom. The lowest BCUT2D eigenvalue weighted by Gasteiger charge is -2.37. The van der Waals surface area contributed by atoms with Gasteiger partial charge in [0.2, 0.25) is 59.1 Å². The maximum absolute atomic E-state index is 15.1. The van der Waals surface area contributed by atoms with Gasteiger partial charge in [0, 0.05) is 104 Å². The summed E-state index contributed by atoms with van der Waals surface area (Å²) < 4.78 is 31.1. The molecule has 496 valence electrons. The van der Waals surface area contributed by atoms with E-state index in [-0.39, 0.29) is 73.3 Å². The van der Waals surface area contributed by atoms with Gasteiger partial charge in [-0.1, -0.05) is 17.3 Å². The van der Waals surface area contributed by atoms with Gasteiger partial charge in [0.25, 0.3) is 0 Å². The van der Waals surface area contributed by atoms with Gasteiger partial charge in [-0.15, -0.1) is 5.10 Å². The third-order valence-corrected chi connectivity index (χ3v) is 16.5. The third kappa shape index (κ3) is 17.1. The van der Waals surface area contributed by atoms with Gasteiger partial charge in [0.05, 0.1) is 25.0 Å². The first-order valence-electron chi connectivity index (χ1n) is 30.2. The van der Waals surface area contributed by atoms with Crippen LogP contribution in [-0.2, 0) is 91.4 Å². The van der Waals surface area contributed by atoms with E-state index < -0.39 is 150 Å². The topological polar surface area (TPSA) is 445 Å². The molecule has 15 N–H and O–H groups in total. The lowest BCUT2D eigenvalue weighted by atomic mass is 9.94. The number of phenols is 1. The Labute approximate surface area is 534 Å². The molecule has 2 bridgehead atoms. The first-order chi connectivity index (χ1) is 44.9. The smallest absolute Gasteiger partial charge is 0.305 e. The van der Waals surface area contributed by atoms with Crippen molar-refractivity contribution in [2.24, 2.45) is 5.73 Å². The number of hydrogen-bond acceptors (Lipinski definition) is 15. The van der Waals surface area contributed by atoms with Gasteiger partial charge < -0.3 is 78.3 Å². The fourth-order valence-electron chi connectivity index (χ4n) is 11.6. The summed E-state index contributed by atoms with van der Waals surface area (Å²) in [7, 11) is 0. The van der Waals surface area contributed by atoms with E-state index in [1.54, 1.807) is 0 Å².